The van der Waals surface area contributed by atoms with Crippen LogP contribution in [0.2, 0.25) is 0 Å². The number of anilines is 1. The minimum absolute atomic E-state index is 0.224. The standard InChI is InChI=1S/C9H13F3N4S/c1-16(6-2-3-6)5-4-13-8-15-14-7(17-8)9(10,11)12/h6H,2-5H2,1H3,(H,13,15). The van der Waals surface area contributed by atoms with E-state index in [1.54, 1.807) is 0 Å². The summed E-state index contributed by atoms with van der Waals surface area (Å²) >= 11 is 0.539. The van der Waals surface area contributed by atoms with Crippen LogP contribution < -0.4 is 5.32 Å². The summed E-state index contributed by atoms with van der Waals surface area (Å²) in [4.78, 5) is 2.19. The van der Waals surface area contributed by atoms with Crippen molar-refractivity contribution in [3.05, 3.63) is 5.01 Å². The van der Waals surface area contributed by atoms with Gasteiger partial charge in [-0.1, -0.05) is 11.3 Å². The first-order valence-corrected chi connectivity index (χ1v) is 6.13. The molecule has 1 aliphatic rings. The fraction of sp³-hybridized carbons (Fsp3) is 0.778. The molecular formula is C9H13F3N4S. The Morgan fingerprint density at radius 2 is 2.12 bits per heavy atom. The Morgan fingerprint density at radius 1 is 1.41 bits per heavy atom. The van der Waals surface area contributed by atoms with E-state index in [0.717, 1.165) is 6.54 Å². The van der Waals surface area contributed by atoms with Crippen LogP contribution >= 0.6 is 11.3 Å². The summed E-state index contributed by atoms with van der Waals surface area (Å²) in [6, 6.07) is 0.650. The largest absolute Gasteiger partial charge is 0.445 e. The first-order valence-electron chi connectivity index (χ1n) is 5.31. The molecule has 0 radical (unpaired) electrons. The average molecular weight is 266 g/mol. The molecule has 2 rings (SSSR count). The molecule has 0 spiro atoms. The molecule has 1 N–H and O–H groups in total. The Kier molecular flexibility index (Phi) is 3.53. The van der Waals surface area contributed by atoms with E-state index in [2.05, 4.69) is 20.4 Å². The first kappa shape index (κ1) is 12.6. The number of alkyl halides is 3. The molecule has 0 aliphatic heterocycles. The summed E-state index contributed by atoms with van der Waals surface area (Å²) in [5, 5.41) is 8.73. The van der Waals surface area contributed by atoms with Gasteiger partial charge in [0, 0.05) is 19.1 Å². The Labute approximate surface area is 101 Å². The van der Waals surface area contributed by atoms with Crippen molar-refractivity contribution in [1.29, 1.82) is 0 Å². The monoisotopic (exact) mass is 266 g/mol. The van der Waals surface area contributed by atoms with Crippen LogP contribution in [0.25, 0.3) is 0 Å². The summed E-state index contributed by atoms with van der Waals surface area (Å²) in [6.07, 6.45) is -1.97. The van der Waals surface area contributed by atoms with Gasteiger partial charge in [0.15, 0.2) is 0 Å². The van der Waals surface area contributed by atoms with Crippen molar-refractivity contribution in [2.45, 2.75) is 25.1 Å². The molecule has 4 nitrogen and oxygen atoms in total. The highest BCUT2D eigenvalue weighted by Gasteiger charge is 2.35. The maximum absolute atomic E-state index is 12.2. The van der Waals surface area contributed by atoms with Gasteiger partial charge in [-0.05, 0) is 19.9 Å². The van der Waals surface area contributed by atoms with Crippen LogP contribution in [0.15, 0.2) is 0 Å². The van der Waals surface area contributed by atoms with Gasteiger partial charge in [0.05, 0.1) is 0 Å². The van der Waals surface area contributed by atoms with Crippen molar-refractivity contribution >= 4 is 16.5 Å². The molecule has 0 amide bonds. The van der Waals surface area contributed by atoms with E-state index < -0.39 is 11.2 Å². The zero-order chi connectivity index (χ0) is 12.5. The van der Waals surface area contributed by atoms with Crippen molar-refractivity contribution in [2.75, 3.05) is 25.5 Å². The number of hydrogen-bond donors (Lipinski definition) is 1. The van der Waals surface area contributed by atoms with E-state index in [1.165, 1.54) is 12.8 Å². The third-order valence-electron chi connectivity index (χ3n) is 2.58. The van der Waals surface area contributed by atoms with Crippen LogP contribution in [0.1, 0.15) is 17.8 Å². The molecule has 0 bridgehead atoms. The minimum Gasteiger partial charge on any atom is -0.359 e. The Morgan fingerprint density at radius 3 is 2.65 bits per heavy atom. The predicted octanol–water partition coefficient (Wildman–Crippen LogP) is 2.06. The highest BCUT2D eigenvalue weighted by Crippen LogP contribution is 2.32. The normalized spacial score (nSPS) is 16.5. The lowest BCUT2D eigenvalue weighted by atomic mass is 10.5. The number of nitrogens with one attached hydrogen (secondary N) is 1. The zero-order valence-electron chi connectivity index (χ0n) is 9.29. The summed E-state index contributed by atoms with van der Waals surface area (Å²) < 4.78 is 36.7. The lowest BCUT2D eigenvalue weighted by Gasteiger charge is -2.14. The van der Waals surface area contributed by atoms with Gasteiger partial charge < -0.3 is 10.2 Å². The van der Waals surface area contributed by atoms with Crippen molar-refractivity contribution in [1.82, 2.24) is 15.1 Å². The second-order valence-electron chi connectivity index (χ2n) is 4.05. The minimum atomic E-state index is -4.40. The summed E-state index contributed by atoms with van der Waals surface area (Å²) in [7, 11) is 2.01. The van der Waals surface area contributed by atoms with Crippen molar-refractivity contribution in [3.63, 3.8) is 0 Å². The Hall–Kier alpha value is -0.890. The molecule has 17 heavy (non-hydrogen) atoms. The van der Waals surface area contributed by atoms with Gasteiger partial charge in [-0.2, -0.15) is 13.2 Å². The quantitative estimate of drug-likeness (QED) is 0.885. The molecule has 1 aromatic rings. The molecule has 8 heteroatoms. The lowest BCUT2D eigenvalue weighted by molar-refractivity contribution is -0.138. The number of halogens is 3. The van der Waals surface area contributed by atoms with E-state index in [4.69, 9.17) is 0 Å². The third-order valence-corrected chi connectivity index (χ3v) is 3.50. The first-order chi connectivity index (χ1) is 7.97. The molecule has 1 saturated carbocycles. The molecule has 96 valence electrons. The molecular weight excluding hydrogens is 253 g/mol. The van der Waals surface area contributed by atoms with E-state index in [0.29, 0.717) is 23.9 Å². The Balaban J connectivity index is 1.77. The van der Waals surface area contributed by atoms with Crippen LogP contribution in [-0.2, 0) is 6.18 Å². The maximum atomic E-state index is 12.2. The van der Waals surface area contributed by atoms with Crippen LogP contribution in [-0.4, -0.2) is 41.3 Å². The van der Waals surface area contributed by atoms with Crippen LogP contribution in [0.5, 0.6) is 0 Å². The molecule has 0 aromatic carbocycles. The van der Waals surface area contributed by atoms with E-state index in [-0.39, 0.29) is 5.13 Å². The van der Waals surface area contributed by atoms with Crippen LogP contribution in [0.4, 0.5) is 18.3 Å². The van der Waals surface area contributed by atoms with Crippen LogP contribution in [0, 0.1) is 0 Å². The van der Waals surface area contributed by atoms with Gasteiger partial charge in [0.25, 0.3) is 0 Å². The highest BCUT2D eigenvalue weighted by molar-refractivity contribution is 7.15. The summed E-state index contributed by atoms with van der Waals surface area (Å²) in [5.41, 5.74) is 0. The maximum Gasteiger partial charge on any atom is 0.445 e. The van der Waals surface area contributed by atoms with Gasteiger partial charge in [0.1, 0.15) is 0 Å². The fourth-order valence-corrected chi connectivity index (χ4v) is 2.08. The van der Waals surface area contributed by atoms with Crippen LogP contribution in [0.3, 0.4) is 0 Å². The summed E-state index contributed by atoms with van der Waals surface area (Å²) in [5.74, 6) is 0. The number of likely N-dealkylation sites (N-methyl/N-ethyl adjacent to an activating group) is 1. The number of nitrogens with zero attached hydrogens (tertiary/aromatic N) is 3. The van der Waals surface area contributed by atoms with E-state index in [1.807, 2.05) is 7.05 Å². The van der Waals surface area contributed by atoms with Crippen molar-refractivity contribution in [2.24, 2.45) is 0 Å². The van der Waals surface area contributed by atoms with Gasteiger partial charge in [-0.25, -0.2) is 0 Å². The molecule has 1 aromatic heterocycles. The van der Waals surface area contributed by atoms with E-state index >= 15 is 0 Å². The van der Waals surface area contributed by atoms with Crippen molar-refractivity contribution in [3.8, 4) is 0 Å². The number of aromatic nitrogens is 2. The molecule has 0 atom stereocenters. The molecule has 1 aliphatic carbocycles. The summed E-state index contributed by atoms with van der Waals surface area (Å²) in [6.45, 7) is 1.38. The molecule has 1 heterocycles. The smallest absolute Gasteiger partial charge is 0.359 e. The number of hydrogen-bond acceptors (Lipinski definition) is 5. The fourth-order valence-electron chi connectivity index (χ4n) is 1.45. The second-order valence-corrected chi connectivity index (χ2v) is 5.03. The number of rotatable bonds is 5. The molecule has 1 fully saturated rings. The zero-order valence-corrected chi connectivity index (χ0v) is 10.1. The van der Waals surface area contributed by atoms with Crippen molar-refractivity contribution < 1.29 is 13.2 Å². The predicted molar refractivity (Wildman–Crippen MR) is 59.1 cm³/mol. The third kappa shape index (κ3) is 3.53. The highest BCUT2D eigenvalue weighted by atomic mass is 32.1. The van der Waals surface area contributed by atoms with Gasteiger partial charge in [0.2, 0.25) is 10.1 Å². The Bertz CT molecular complexity index is 375. The van der Waals surface area contributed by atoms with Gasteiger partial charge in [-0.3, -0.25) is 0 Å². The SMILES string of the molecule is CN(CCNc1nnc(C(F)(F)F)s1)C1CC1. The van der Waals surface area contributed by atoms with E-state index in [9.17, 15) is 13.2 Å². The molecule has 0 unspecified atom stereocenters. The average Bonchev–Trinajstić information content (AvgIpc) is 2.97. The topological polar surface area (TPSA) is 41.0 Å². The van der Waals surface area contributed by atoms with Gasteiger partial charge in [-0.15, -0.1) is 10.2 Å². The second kappa shape index (κ2) is 4.77. The van der Waals surface area contributed by atoms with Gasteiger partial charge >= 0.3 is 6.18 Å². The molecule has 0 saturated heterocycles. The lowest BCUT2D eigenvalue weighted by Crippen LogP contribution is -2.26.